The number of alkyl halides is 1. The molecule has 0 aliphatic heterocycles. The molecule has 4 heteroatoms. The van der Waals surface area contributed by atoms with Crippen molar-refractivity contribution in [3.8, 4) is 11.1 Å². The van der Waals surface area contributed by atoms with Gasteiger partial charge in [-0.1, -0.05) is 59.1 Å². The number of hydrogen-bond acceptors (Lipinski definition) is 2. The lowest BCUT2D eigenvalue weighted by molar-refractivity contribution is 0.302. The monoisotopic (exact) mass is 412 g/mol. The normalized spacial score (nSPS) is 13.5. The molecule has 0 saturated heterocycles. The summed E-state index contributed by atoms with van der Waals surface area (Å²) in [4.78, 5) is 0. The van der Waals surface area contributed by atoms with E-state index in [1.807, 2.05) is 31.2 Å². The predicted octanol–water partition coefficient (Wildman–Crippen LogP) is 8.00. The summed E-state index contributed by atoms with van der Waals surface area (Å²) in [5.74, 6) is -0.165. The van der Waals surface area contributed by atoms with Crippen molar-refractivity contribution >= 4 is 11.4 Å². The molecule has 0 spiro atoms. The summed E-state index contributed by atoms with van der Waals surface area (Å²) in [6.45, 7) is 21.6. The van der Waals surface area contributed by atoms with Crippen LogP contribution in [0.15, 0.2) is 54.9 Å². The van der Waals surface area contributed by atoms with E-state index < -0.39 is 12.0 Å². The van der Waals surface area contributed by atoms with Gasteiger partial charge in [0, 0.05) is 28.6 Å². The van der Waals surface area contributed by atoms with Crippen LogP contribution < -0.4 is 10.6 Å². The average Bonchev–Trinajstić information content (AvgIpc) is 2.65. The van der Waals surface area contributed by atoms with Crippen molar-refractivity contribution < 1.29 is 8.78 Å². The fourth-order valence-corrected chi connectivity index (χ4v) is 3.10. The van der Waals surface area contributed by atoms with Gasteiger partial charge in [0.1, 0.15) is 6.17 Å². The highest BCUT2D eigenvalue weighted by Gasteiger charge is 2.23. The molecule has 0 radical (unpaired) electrons. The van der Waals surface area contributed by atoms with E-state index in [9.17, 15) is 4.39 Å². The predicted molar refractivity (Wildman–Crippen MR) is 126 cm³/mol. The standard InChI is InChI=1S/C26H34F2N2/c1-15-10-12-21(29-19(5)17(3)26(7,8)9)14-23(15)22-13-11-16(2)25(24(22)28)30-20(6)18(4)27/h10-14,17-18,29-30H,5-6H2,1-4,7-9H3. The van der Waals surface area contributed by atoms with Gasteiger partial charge in [0.25, 0.3) is 0 Å². The average molecular weight is 413 g/mol. The molecule has 2 atom stereocenters. The Balaban J connectivity index is 2.44. The second-order valence-corrected chi connectivity index (χ2v) is 9.15. The van der Waals surface area contributed by atoms with Crippen molar-refractivity contribution in [3.05, 3.63) is 71.8 Å². The molecule has 2 aromatic rings. The fraction of sp³-hybridized carbons (Fsp3) is 0.385. The minimum absolute atomic E-state index is 0.0806. The van der Waals surface area contributed by atoms with Crippen molar-refractivity contribution in [3.63, 3.8) is 0 Å². The van der Waals surface area contributed by atoms with Gasteiger partial charge >= 0.3 is 0 Å². The maximum absolute atomic E-state index is 15.4. The first-order valence-corrected chi connectivity index (χ1v) is 10.3. The Bertz CT molecular complexity index is 952. The number of rotatable bonds is 7. The number of allylic oxidation sites excluding steroid dienone is 2. The second-order valence-electron chi connectivity index (χ2n) is 9.15. The summed E-state index contributed by atoms with van der Waals surface area (Å²) in [5.41, 5.74) is 5.11. The van der Waals surface area contributed by atoms with Gasteiger partial charge in [-0.3, -0.25) is 0 Å². The van der Waals surface area contributed by atoms with Crippen LogP contribution in [0.4, 0.5) is 20.2 Å². The van der Waals surface area contributed by atoms with Crippen molar-refractivity contribution in [2.45, 2.75) is 54.6 Å². The van der Waals surface area contributed by atoms with Crippen LogP contribution >= 0.6 is 0 Å². The summed E-state index contributed by atoms with van der Waals surface area (Å²) in [6, 6.07) is 9.45. The van der Waals surface area contributed by atoms with E-state index in [2.05, 4.69) is 51.5 Å². The molecular formula is C26H34F2N2. The zero-order valence-electron chi connectivity index (χ0n) is 19.2. The third-order valence-corrected chi connectivity index (χ3v) is 5.77. The smallest absolute Gasteiger partial charge is 0.154 e. The fourth-order valence-electron chi connectivity index (χ4n) is 3.10. The first kappa shape index (κ1) is 23.7. The maximum atomic E-state index is 15.4. The van der Waals surface area contributed by atoms with Crippen LogP contribution in [0.3, 0.4) is 0 Å². The molecule has 0 saturated carbocycles. The minimum Gasteiger partial charge on any atom is -0.359 e. The summed E-state index contributed by atoms with van der Waals surface area (Å²) >= 11 is 0. The van der Waals surface area contributed by atoms with Gasteiger partial charge in [-0.15, -0.1) is 0 Å². The van der Waals surface area contributed by atoms with Gasteiger partial charge in [-0.2, -0.15) is 0 Å². The number of anilines is 2. The Hall–Kier alpha value is -2.62. The van der Waals surface area contributed by atoms with Crippen LogP contribution in [0, 0.1) is 31.0 Å². The number of benzene rings is 2. The molecule has 0 bridgehead atoms. The number of hydrogen-bond donors (Lipinski definition) is 2. The summed E-state index contributed by atoms with van der Waals surface area (Å²) in [6.07, 6.45) is -1.28. The lowest BCUT2D eigenvalue weighted by Crippen LogP contribution is -2.22. The van der Waals surface area contributed by atoms with E-state index in [0.717, 1.165) is 22.5 Å². The lowest BCUT2D eigenvalue weighted by atomic mass is 9.80. The maximum Gasteiger partial charge on any atom is 0.154 e. The van der Waals surface area contributed by atoms with Gasteiger partial charge in [-0.25, -0.2) is 8.78 Å². The van der Waals surface area contributed by atoms with Crippen LogP contribution in [-0.2, 0) is 0 Å². The molecule has 0 aliphatic carbocycles. The molecule has 0 aliphatic rings. The highest BCUT2D eigenvalue weighted by Crippen LogP contribution is 2.36. The molecular weight excluding hydrogens is 378 g/mol. The van der Waals surface area contributed by atoms with Crippen molar-refractivity contribution in [2.75, 3.05) is 10.6 Å². The Morgan fingerprint density at radius 3 is 2.07 bits per heavy atom. The molecule has 2 N–H and O–H groups in total. The van der Waals surface area contributed by atoms with E-state index in [0.29, 0.717) is 11.1 Å². The zero-order chi connectivity index (χ0) is 22.8. The molecule has 2 rings (SSSR count). The van der Waals surface area contributed by atoms with Crippen LogP contribution in [0.2, 0.25) is 0 Å². The second kappa shape index (κ2) is 9.03. The molecule has 0 amide bonds. The number of nitrogens with one attached hydrogen (secondary N) is 2. The van der Waals surface area contributed by atoms with Gasteiger partial charge in [0.15, 0.2) is 5.82 Å². The number of aryl methyl sites for hydroxylation is 2. The molecule has 30 heavy (non-hydrogen) atoms. The molecule has 0 aromatic heterocycles. The quantitative estimate of drug-likeness (QED) is 0.481. The third kappa shape index (κ3) is 5.29. The third-order valence-electron chi connectivity index (χ3n) is 5.77. The minimum atomic E-state index is -1.28. The van der Waals surface area contributed by atoms with Crippen LogP contribution in [0.5, 0.6) is 0 Å². The summed E-state index contributed by atoms with van der Waals surface area (Å²) in [5, 5.41) is 6.19. The largest absolute Gasteiger partial charge is 0.359 e. The molecule has 0 heterocycles. The molecule has 0 fully saturated rings. The first-order chi connectivity index (χ1) is 13.8. The highest BCUT2D eigenvalue weighted by atomic mass is 19.1. The van der Waals surface area contributed by atoms with E-state index in [-0.39, 0.29) is 22.7 Å². The van der Waals surface area contributed by atoms with Crippen LogP contribution in [0.25, 0.3) is 11.1 Å². The van der Waals surface area contributed by atoms with E-state index in [1.54, 1.807) is 13.0 Å². The van der Waals surface area contributed by atoms with Gasteiger partial charge in [-0.05, 0) is 55.0 Å². The Labute approximate surface area is 180 Å². The Morgan fingerprint density at radius 2 is 1.50 bits per heavy atom. The first-order valence-electron chi connectivity index (χ1n) is 10.3. The molecule has 2 unspecified atom stereocenters. The lowest BCUT2D eigenvalue weighted by Gasteiger charge is -2.29. The van der Waals surface area contributed by atoms with Gasteiger partial charge < -0.3 is 10.6 Å². The van der Waals surface area contributed by atoms with Crippen LogP contribution in [0.1, 0.15) is 45.7 Å². The highest BCUT2D eigenvalue weighted by molar-refractivity contribution is 5.77. The van der Waals surface area contributed by atoms with Crippen molar-refractivity contribution in [1.82, 2.24) is 0 Å². The summed E-state index contributed by atoms with van der Waals surface area (Å²) < 4.78 is 29.0. The topological polar surface area (TPSA) is 24.1 Å². The van der Waals surface area contributed by atoms with Gasteiger partial charge in [0.05, 0.1) is 5.69 Å². The Morgan fingerprint density at radius 1 is 0.900 bits per heavy atom. The molecule has 162 valence electrons. The number of halogens is 2. The zero-order valence-corrected chi connectivity index (χ0v) is 19.2. The molecule has 2 aromatic carbocycles. The molecule has 2 nitrogen and oxygen atoms in total. The van der Waals surface area contributed by atoms with Crippen molar-refractivity contribution in [1.29, 1.82) is 0 Å². The van der Waals surface area contributed by atoms with E-state index in [4.69, 9.17) is 0 Å². The van der Waals surface area contributed by atoms with Crippen LogP contribution in [-0.4, -0.2) is 6.17 Å². The summed E-state index contributed by atoms with van der Waals surface area (Å²) in [7, 11) is 0. The van der Waals surface area contributed by atoms with Gasteiger partial charge in [0.2, 0.25) is 0 Å². The SMILES string of the molecule is C=C(Nc1c(C)ccc(-c2cc(NC(=C)C(C)C(C)(C)C)ccc2C)c1F)C(C)F. The Kier molecular flexibility index (Phi) is 7.12. The van der Waals surface area contributed by atoms with E-state index in [1.165, 1.54) is 6.92 Å². The van der Waals surface area contributed by atoms with Crippen molar-refractivity contribution in [2.24, 2.45) is 11.3 Å². The van der Waals surface area contributed by atoms with E-state index >= 15 is 4.39 Å².